The van der Waals surface area contributed by atoms with Gasteiger partial charge in [0.15, 0.2) is 0 Å². The summed E-state index contributed by atoms with van der Waals surface area (Å²) >= 11 is 0. The summed E-state index contributed by atoms with van der Waals surface area (Å²) in [6, 6.07) is 0. The molecule has 0 aromatic rings. The summed E-state index contributed by atoms with van der Waals surface area (Å²) in [5.74, 6) is -0.0585. The largest absolute Gasteiger partial charge is 0.349 e. The van der Waals surface area contributed by atoms with E-state index in [2.05, 4.69) is 5.32 Å². The Labute approximate surface area is 70.7 Å². The topological polar surface area (TPSA) is 32.3 Å². The van der Waals surface area contributed by atoms with Crippen molar-refractivity contribution in [1.29, 1.82) is 0 Å². The van der Waals surface area contributed by atoms with E-state index in [-0.39, 0.29) is 18.9 Å². The standard InChI is InChI=1S/C7H14F2N2O/c1-11(2)7(12)3-4-10-5-6(8)9/h6,10H,3-5H2,1-2H3. The second-order valence-electron chi connectivity index (χ2n) is 2.63. The van der Waals surface area contributed by atoms with Crippen LogP contribution >= 0.6 is 0 Å². The smallest absolute Gasteiger partial charge is 0.250 e. The highest BCUT2D eigenvalue weighted by molar-refractivity contribution is 5.75. The highest BCUT2D eigenvalue weighted by Crippen LogP contribution is 1.89. The molecule has 0 spiro atoms. The van der Waals surface area contributed by atoms with Gasteiger partial charge in [-0.1, -0.05) is 0 Å². The normalized spacial score (nSPS) is 10.4. The summed E-state index contributed by atoms with van der Waals surface area (Å²) in [5, 5.41) is 2.47. The summed E-state index contributed by atoms with van der Waals surface area (Å²) in [6.07, 6.45) is -2.08. The fourth-order valence-electron chi connectivity index (χ4n) is 0.630. The number of halogens is 2. The Hall–Kier alpha value is -0.710. The molecule has 0 rings (SSSR count). The molecule has 0 aromatic carbocycles. The van der Waals surface area contributed by atoms with Crippen LogP contribution in [-0.2, 0) is 4.79 Å². The molecular weight excluding hydrogens is 166 g/mol. The van der Waals surface area contributed by atoms with Crippen LogP contribution in [0, 0.1) is 0 Å². The SMILES string of the molecule is CN(C)C(=O)CCNCC(F)F. The molecule has 5 heteroatoms. The van der Waals surface area contributed by atoms with Crippen molar-refractivity contribution in [2.45, 2.75) is 12.8 Å². The molecule has 12 heavy (non-hydrogen) atoms. The van der Waals surface area contributed by atoms with Gasteiger partial charge in [0.1, 0.15) is 0 Å². The van der Waals surface area contributed by atoms with Gasteiger partial charge in [0.05, 0.1) is 6.54 Å². The Morgan fingerprint density at radius 2 is 2.08 bits per heavy atom. The van der Waals surface area contributed by atoms with E-state index < -0.39 is 6.43 Å². The first kappa shape index (κ1) is 11.3. The van der Waals surface area contributed by atoms with Crippen molar-refractivity contribution in [1.82, 2.24) is 10.2 Å². The third-order valence-electron chi connectivity index (χ3n) is 1.31. The fraction of sp³-hybridized carbons (Fsp3) is 0.857. The second-order valence-corrected chi connectivity index (χ2v) is 2.63. The Kier molecular flexibility index (Phi) is 5.53. The molecule has 0 aliphatic carbocycles. The van der Waals surface area contributed by atoms with Crippen LogP contribution in [0.5, 0.6) is 0 Å². The average molecular weight is 180 g/mol. The maximum absolute atomic E-state index is 11.6. The first-order valence-electron chi connectivity index (χ1n) is 3.73. The van der Waals surface area contributed by atoms with Gasteiger partial charge in [-0.2, -0.15) is 0 Å². The van der Waals surface area contributed by atoms with Gasteiger partial charge in [-0.3, -0.25) is 4.79 Å². The van der Waals surface area contributed by atoms with E-state index in [1.807, 2.05) is 0 Å². The van der Waals surface area contributed by atoms with Crippen molar-refractivity contribution in [3.8, 4) is 0 Å². The van der Waals surface area contributed by atoms with Crippen LogP contribution in [0.25, 0.3) is 0 Å². The van der Waals surface area contributed by atoms with Crippen LogP contribution in [-0.4, -0.2) is 44.4 Å². The first-order chi connectivity index (χ1) is 5.54. The minimum atomic E-state index is -2.35. The van der Waals surface area contributed by atoms with Gasteiger partial charge in [-0.25, -0.2) is 8.78 Å². The molecule has 0 atom stereocenters. The van der Waals surface area contributed by atoms with E-state index in [4.69, 9.17) is 0 Å². The van der Waals surface area contributed by atoms with Gasteiger partial charge in [0.2, 0.25) is 5.91 Å². The van der Waals surface area contributed by atoms with E-state index in [0.717, 1.165) is 0 Å². The third-order valence-corrected chi connectivity index (χ3v) is 1.31. The Balaban J connectivity index is 3.26. The molecule has 0 saturated heterocycles. The number of nitrogens with one attached hydrogen (secondary N) is 1. The Morgan fingerprint density at radius 1 is 1.50 bits per heavy atom. The zero-order valence-electron chi connectivity index (χ0n) is 7.31. The van der Waals surface area contributed by atoms with Gasteiger partial charge in [0.25, 0.3) is 6.43 Å². The number of hydrogen-bond acceptors (Lipinski definition) is 2. The maximum atomic E-state index is 11.6. The molecule has 0 heterocycles. The zero-order chi connectivity index (χ0) is 9.56. The predicted octanol–water partition coefficient (Wildman–Crippen LogP) is 0.319. The quantitative estimate of drug-likeness (QED) is 0.618. The molecule has 0 aliphatic rings. The summed E-state index contributed by atoms with van der Waals surface area (Å²) < 4.78 is 23.1. The molecule has 1 amide bonds. The molecule has 72 valence electrons. The average Bonchev–Trinajstić information content (AvgIpc) is 1.97. The van der Waals surface area contributed by atoms with E-state index in [1.54, 1.807) is 14.1 Å². The lowest BCUT2D eigenvalue weighted by molar-refractivity contribution is -0.128. The molecular formula is C7H14F2N2O. The van der Waals surface area contributed by atoms with Crippen LogP contribution in [0.3, 0.4) is 0 Å². The van der Waals surface area contributed by atoms with Gasteiger partial charge < -0.3 is 10.2 Å². The van der Waals surface area contributed by atoms with Crippen LogP contribution < -0.4 is 5.32 Å². The van der Waals surface area contributed by atoms with E-state index >= 15 is 0 Å². The number of hydrogen-bond donors (Lipinski definition) is 1. The number of nitrogens with zero attached hydrogens (tertiary/aromatic N) is 1. The van der Waals surface area contributed by atoms with Crippen molar-refractivity contribution in [3.63, 3.8) is 0 Å². The molecule has 1 N–H and O–H groups in total. The third kappa shape index (κ3) is 6.03. The molecule has 0 saturated carbocycles. The van der Waals surface area contributed by atoms with Gasteiger partial charge in [0, 0.05) is 27.1 Å². The van der Waals surface area contributed by atoms with Crippen LogP contribution in [0.2, 0.25) is 0 Å². The predicted molar refractivity (Wildman–Crippen MR) is 42.2 cm³/mol. The minimum Gasteiger partial charge on any atom is -0.349 e. The summed E-state index contributed by atoms with van der Waals surface area (Å²) in [5.41, 5.74) is 0. The maximum Gasteiger partial charge on any atom is 0.250 e. The second kappa shape index (κ2) is 5.88. The van der Waals surface area contributed by atoms with Crippen molar-refractivity contribution < 1.29 is 13.6 Å². The number of carbonyl (C=O) groups excluding carboxylic acids is 1. The summed E-state index contributed by atoms with van der Waals surface area (Å²) in [7, 11) is 3.27. The van der Waals surface area contributed by atoms with E-state index in [0.29, 0.717) is 6.54 Å². The molecule has 0 bridgehead atoms. The number of amides is 1. The molecule has 0 unspecified atom stereocenters. The minimum absolute atomic E-state index is 0.0585. The monoisotopic (exact) mass is 180 g/mol. The lowest BCUT2D eigenvalue weighted by atomic mass is 10.4. The Morgan fingerprint density at radius 3 is 2.50 bits per heavy atom. The molecule has 0 aliphatic heterocycles. The van der Waals surface area contributed by atoms with Crippen LogP contribution in [0.1, 0.15) is 6.42 Å². The Bertz CT molecular complexity index is 139. The van der Waals surface area contributed by atoms with E-state index in [1.165, 1.54) is 4.90 Å². The number of carbonyl (C=O) groups is 1. The molecule has 0 fully saturated rings. The van der Waals surface area contributed by atoms with Gasteiger partial charge >= 0.3 is 0 Å². The van der Waals surface area contributed by atoms with Crippen molar-refractivity contribution in [3.05, 3.63) is 0 Å². The van der Waals surface area contributed by atoms with Crippen molar-refractivity contribution in [2.24, 2.45) is 0 Å². The fourth-order valence-corrected chi connectivity index (χ4v) is 0.630. The van der Waals surface area contributed by atoms with Crippen molar-refractivity contribution in [2.75, 3.05) is 27.2 Å². The zero-order valence-corrected chi connectivity index (χ0v) is 7.31. The highest BCUT2D eigenvalue weighted by Gasteiger charge is 2.04. The molecule has 0 radical (unpaired) electrons. The van der Waals surface area contributed by atoms with Gasteiger partial charge in [-0.05, 0) is 0 Å². The van der Waals surface area contributed by atoms with Gasteiger partial charge in [-0.15, -0.1) is 0 Å². The van der Waals surface area contributed by atoms with Crippen LogP contribution in [0.4, 0.5) is 8.78 Å². The summed E-state index contributed by atoms with van der Waals surface area (Å²) in [4.78, 5) is 12.3. The highest BCUT2D eigenvalue weighted by atomic mass is 19.3. The number of rotatable bonds is 5. The lowest BCUT2D eigenvalue weighted by Gasteiger charge is -2.09. The molecule has 3 nitrogen and oxygen atoms in total. The molecule has 0 aromatic heterocycles. The number of alkyl halides is 2. The lowest BCUT2D eigenvalue weighted by Crippen LogP contribution is -2.28. The van der Waals surface area contributed by atoms with Crippen LogP contribution in [0.15, 0.2) is 0 Å². The summed E-state index contributed by atoms with van der Waals surface area (Å²) in [6.45, 7) is -0.0396. The van der Waals surface area contributed by atoms with Crippen molar-refractivity contribution >= 4 is 5.91 Å². The van der Waals surface area contributed by atoms with E-state index in [9.17, 15) is 13.6 Å². The first-order valence-corrected chi connectivity index (χ1v) is 3.73.